The summed E-state index contributed by atoms with van der Waals surface area (Å²) < 4.78 is 12.7. The number of aromatic nitrogens is 6. The van der Waals surface area contributed by atoms with Crippen LogP contribution in [0.15, 0.2) is 27.2 Å². The summed E-state index contributed by atoms with van der Waals surface area (Å²) in [5, 5.41) is 13.7. The molecular weight excluding hydrogens is 358 g/mol. The molecule has 4 aromatic rings. The van der Waals surface area contributed by atoms with Crippen molar-refractivity contribution in [3.05, 3.63) is 35.6 Å². The molecule has 1 saturated heterocycles. The number of piperidine rings is 1. The zero-order chi connectivity index (χ0) is 19.3. The van der Waals surface area contributed by atoms with E-state index in [0.29, 0.717) is 23.6 Å². The second kappa shape index (κ2) is 6.43. The number of rotatable bonds is 3. The standard InChI is InChI=1S/C19H21N7O2/c1-11-15-5-4-14(10-16(15)25(3)22-11)17-21-18(27-24-17)13-6-8-26(9-7-13)19-20-12(2)23-28-19/h4-5,10,13H,6-9H2,1-3H3. The van der Waals surface area contributed by atoms with E-state index in [-0.39, 0.29) is 5.92 Å². The van der Waals surface area contributed by atoms with Crippen molar-refractivity contribution in [1.82, 2.24) is 30.1 Å². The van der Waals surface area contributed by atoms with Gasteiger partial charge < -0.3 is 13.9 Å². The highest BCUT2D eigenvalue weighted by molar-refractivity contribution is 5.85. The van der Waals surface area contributed by atoms with E-state index in [1.165, 1.54) is 0 Å². The number of hydrogen-bond acceptors (Lipinski definition) is 8. The molecule has 0 unspecified atom stereocenters. The van der Waals surface area contributed by atoms with Gasteiger partial charge in [0.1, 0.15) is 0 Å². The Morgan fingerprint density at radius 1 is 1.04 bits per heavy atom. The number of nitrogens with zero attached hydrogens (tertiary/aromatic N) is 7. The van der Waals surface area contributed by atoms with Crippen LogP contribution in [-0.2, 0) is 7.05 Å². The van der Waals surface area contributed by atoms with Gasteiger partial charge in [-0.25, -0.2) is 0 Å². The maximum atomic E-state index is 5.60. The van der Waals surface area contributed by atoms with Crippen LogP contribution in [0.3, 0.4) is 0 Å². The normalized spacial score (nSPS) is 15.6. The zero-order valence-corrected chi connectivity index (χ0v) is 16.1. The fourth-order valence-electron chi connectivity index (χ4n) is 3.83. The van der Waals surface area contributed by atoms with Gasteiger partial charge >= 0.3 is 6.01 Å². The Labute approximate surface area is 161 Å². The summed E-state index contributed by atoms with van der Waals surface area (Å²) in [5.41, 5.74) is 3.01. The fourth-order valence-corrected chi connectivity index (χ4v) is 3.83. The van der Waals surface area contributed by atoms with E-state index in [2.05, 4.69) is 42.4 Å². The average molecular weight is 379 g/mol. The van der Waals surface area contributed by atoms with Crippen LogP contribution in [0.5, 0.6) is 0 Å². The Balaban J connectivity index is 1.33. The molecule has 4 heterocycles. The Bertz CT molecular complexity index is 1130. The molecule has 0 aliphatic carbocycles. The Kier molecular flexibility index (Phi) is 3.88. The van der Waals surface area contributed by atoms with Gasteiger partial charge in [0.2, 0.25) is 11.7 Å². The van der Waals surface area contributed by atoms with Crippen LogP contribution >= 0.6 is 0 Å². The van der Waals surface area contributed by atoms with Gasteiger partial charge in [-0.3, -0.25) is 4.68 Å². The highest BCUT2D eigenvalue weighted by atomic mass is 16.5. The maximum Gasteiger partial charge on any atom is 0.324 e. The number of aryl methyl sites for hydroxylation is 3. The van der Waals surface area contributed by atoms with Gasteiger partial charge in [-0.05, 0) is 32.8 Å². The molecule has 0 radical (unpaired) electrons. The van der Waals surface area contributed by atoms with E-state index in [9.17, 15) is 0 Å². The van der Waals surface area contributed by atoms with Crippen LogP contribution in [0.25, 0.3) is 22.3 Å². The molecule has 3 aromatic heterocycles. The van der Waals surface area contributed by atoms with Gasteiger partial charge in [-0.1, -0.05) is 22.4 Å². The van der Waals surface area contributed by atoms with Crippen molar-refractivity contribution in [2.45, 2.75) is 32.6 Å². The molecule has 0 N–H and O–H groups in total. The van der Waals surface area contributed by atoms with Crippen LogP contribution in [0.4, 0.5) is 6.01 Å². The largest absolute Gasteiger partial charge is 0.339 e. The lowest BCUT2D eigenvalue weighted by Gasteiger charge is -2.28. The van der Waals surface area contributed by atoms with Crippen LogP contribution in [-0.4, -0.2) is 43.2 Å². The molecule has 1 fully saturated rings. The number of benzene rings is 1. The van der Waals surface area contributed by atoms with Crippen LogP contribution in [0, 0.1) is 13.8 Å². The summed E-state index contributed by atoms with van der Waals surface area (Å²) in [7, 11) is 1.94. The first-order valence-electron chi connectivity index (χ1n) is 9.41. The van der Waals surface area contributed by atoms with Crippen molar-refractivity contribution in [2.24, 2.45) is 7.05 Å². The third kappa shape index (κ3) is 2.83. The quantitative estimate of drug-likeness (QED) is 0.536. The predicted molar refractivity (Wildman–Crippen MR) is 102 cm³/mol. The zero-order valence-electron chi connectivity index (χ0n) is 16.1. The minimum absolute atomic E-state index is 0.240. The lowest BCUT2D eigenvalue weighted by Crippen LogP contribution is -2.33. The number of fused-ring (bicyclic) bond motifs is 1. The molecule has 0 bridgehead atoms. The molecule has 1 aliphatic heterocycles. The summed E-state index contributed by atoms with van der Waals surface area (Å²) in [6.07, 6.45) is 1.81. The first-order valence-corrected chi connectivity index (χ1v) is 9.41. The molecule has 5 rings (SSSR count). The van der Waals surface area contributed by atoms with Crippen molar-refractivity contribution in [2.75, 3.05) is 18.0 Å². The van der Waals surface area contributed by atoms with Gasteiger partial charge in [0.25, 0.3) is 0 Å². The highest BCUT2D eigenvalue weighted by Gasteiger charge is 2.27. The van der Waals surface area contributed by atoms with Crippen molar-refractivity contribution >= 4 is 16.9 Å². The Morgan fingerprint density at radius 3 is 2.61 bits per heavy atom. The average Bonchev–Trinajstić information content (AvgIpc) is 3.42. The molecule has 0 atom stereocenters. The van der Waals surface area contributed by atoms with E-state index in [1.54, 1.807) is 0 Å². The highest BCUT2D eigenvalue weighted by Crippen LogP contribution is 2.31. The van der Waals surface area contributed by atoms with E-state index in [0.717, 1.165) is 48.1 Å². The monoisotopic (exact) mass is 379 g/mol. The smallest absolute Gasteiger partial charge is 0.324 e. The Morgan fingerprint density at radius 2 is 1.86 bits per heavy atom. The molecule has 0 spiro atoms. The van der Waals surface area contributed by atoms with Crippen LogP contribution in [0.2, 0.25) is 0 Å². The Hall–Kier alpha value is -3.23. The summed E-state index contributed by atoms with van der Waals surface area (Å²) in [6.45, 7) is 5.48. The topological polar surface area (TPSA) is 98.9 Å². The van der Waals surface area contributed by atoms with Crippen LogP contribution in [0.1, 0.15) is 36.2 Å². The lowest BCUT2D eigenvalue weighted by atomic mass is 9.97. The lowest BCUT2D eigenvalue weighted by molar-refractivity contribution is 0.322. The van der Waals surface area contributed by atoms with Crippen molar-refractivity contribution in [3.63, 3.8) is 0 Å². The summed E-state index contributed by atoms with van der Waals surface area (Å²) in [6, 6.07) is 6.73. The van der Waals surface area contributed by atoms with Gasteiger partial charge in [-0.2, -0.15) is 15.1 Å². The summed E-state index contributed by atoms with van der Waals surface area (Å²) >= 11 is 0. The third-order valence-corrected chi connectivity index (χ3v) is 5.37. The minimum Gasteiger partial charge on any atom is -0.339 e. The molecule has 0 saturated carbocycles. The molecule has 1 aromatic carbocycles. The van der Waals surface area contributed by atoms with E-state index in [4.69, 9.17) is 9.05 Å². The van der Waals surface area contributed by atoms with E-state index >= 15 is 0 Å². The van der Waals surface area contributed by atoms with Gasteiger partial charge in [0.05, 0.1) is 11.2 Å². The number of hydrogen-bond donors (Lipinski definition) is 0. The van der Waals surface area contributed by atoms with E-state index in [1.807, 2.05) is 31.6 Å². The molecule has 28 heavy (non-hydrogen) atoms. The van der Waals surface area contributed by atoms with Crippen molar-refractivity contribution < 1.29 is 9.05 Å². The molecule has 9 heteroatoms. The van der Waals surface area contributed by atoms with Crippen LogP contribution < -0.4 is 4.90 Å². The van der Waals surface area contributed by atoms with Gasteiger partial charge in [0, 0.05) is 37.0 Å². The molecule has 144 valence electrons. The van der Waals surface area contributed by atoms with Gasteiger partial charge in [-0.15, -0.1) is 0 Å². The van der Waals surface area contributed by atoms with Crippen molar-refractivity contribution in [1.29, 1.82) is 0 Å². The van der Waals surface area contributed by atoms with E-state index < -0.39 is 0 Å². The first kappa shape index (κ1) is 16.9. The molecule has 9 nitrogen and oxygen atoms in total. The third-order valence-electron chi connectivity index (χ3n) is 5.37. The SMILES string of the molecule is Cc1noc(N2CCC(c3nc(-c4ccc5c(C)nn(C)c5c4)no3)CC2)n1. The summed E-state index contributed by atoms with van der Waals surface area (Å²) in [5.74, 6) is 2.20. The number of anilines is 1. The molecule has 0 amide bonds. The second-order valence-corrected chi connectivity index (χ2v) is 7.28. The first-order chi connectivity index (χ1) is 13.6. The maximum absolute atomic E-state index is 5.60. The van der Waals surface area contributed by atoms with Crippen molar-refractivity contribution in [3.8, 4) is 11.4 Å². The molecule has 1 aliphatic rings. The predicted octanol–water partition coefficient (Wildman–Crippen LogP) is 3.01. The second-order valence-electron chi connectivity index (χ2n) is 7.28. The van der Waals surface area contributed by atoms with Gasteiger partial charge in [0.15, 0.2) is 5.82 Å². The minimum atomic E-state index is 0.240. The molecular formula is C19H21N7O2. The fraction of sp³-hybridized carbons (Fsp3) is 0.421. The summed E-state index contributed by atoms with van der Waals surface area (Å²) in [4.78, 5) is 11.1.